The van der Waals surface area contributed by atoms with Crippen LogP contribution in [-0.2, 0) is 22.6 Å². The predicted molar refractivity (Wildman–Crippen MR) is 78.3 cm³/mol. The molecule has 0 bridgehead atoms. The maximum Gasteiger partial charge on any atom is 0.290 e. The van der Waals surface area contributed by atoms with Crippen molar-refractivity contribution < 1.29 is 14.0 Å². The second-order valence-electron chi connectivity index (χ2n) is 4.55. The Bertz CT molecular complexity index is 628. The van der Waals surface area contributed by atoms with Crippen LogP contribution in [0.2, 0.25) is 0 Å². The van der Waals surface area contributed by atoms with Gasteiger partial charge in [-0.25, -0.2) is 9.37 Å². The molecule has 0 radical (unpaired) electrons. The molecule has 0 fully saturated rings. The molecule has 0 saturated heterocycles. The minimum absolute atomic E-state index is 0.268. The Kier molecular flexibility index (Phi) is 5.16. The third-order valence-electron chi connectivity index (χ3n) is 3.01. The molecule has 0 spiro atoms. The van der Waals surface area contributed by atoms with Crippen LogP contribution in [0.25, 0.3) is 0 Å². The number of carbonyl (C=O) groups is 2. The van der Waals surface area contributed by atoms with E-state index in [1.165, 1.54) is 29.2 Å². The summed E-state index contributed by atoms with van der Waals surface area (Å²) in [6.45, 7) is 1.78. The van der Waals surface area contributed by atoms with E-state index >= 15 is 0 Å². The van der Waals surface area contributed by atoms with Gasteiger partial charge in [-0.15, -0.1) is 11.3 Å². The Morgan fingerprint density at radius 3 is 2.71 bits per heavy atom. The highest BCUT2D eigenvalue weighted by Crippen LogP contribution is 2.12. The van der Waals surface area contributed by atoms with Gasteiger partial charge < -0.3 is 4.90 Å². The number of benzene rings is 1. The zero-order valence-electron chi connectivity index (χ0n) is 11.6. The number of thiazole rings is 1. The molecular formula is C15H15FN2O2S. The molecule has 0 N–H and O–H groups in total. The fourth-order valence-electron chi connectivity index (χ4n) is 1.93. The van der Waals surface area contributed by atoms with E-state index < -0.39 is 11.7 Å². The molecule has 0 atom stereocenters. The zero-order valence-corrected chi connectivity index (χ0v) is 12.4. The highest BCUT2D eigenvalue weighted by Gasteiger charge is 2.19. The van der Waals surface area contributed by atoms with Crippen LogP contribution in [0, 0.1) is 5.82 Å². The second-order valence-corrected chi connectivity index (χ2v) is 5.53. The number of carbonyl (C=O) groups excluding carboxylic acids is 2. The number of halogens is 1. The highest BCUT2D eigenvalue weighted by atomic mass is 32.1. The lowest BCUT2D eigenvalue weighted by molar-refractivity contribution is -0.144. The number of hydrogen-bond acceptors (Lipinski definition) is 4. The fraction of sp³-hybridized carbons (Fsp3) is 0.267. The van der Waals surface area contributed by atoms with Crippen molar-refractivity contribution in [3.8, 4) is 0 Å². The molecule has 110 valence electrons. The van der Waals surface area contributed by atoms with Crippen molar-refractivity contribution in [2.24, 2.45) is 0 Å². The number of rotatable bonds is 6. The van der Waals surface area contributed by atoms with Gasteiger partial charge >= 0.3 is 0 Å². The summed E-state index contributed by atoms with van der Waals surface area (Å²) >= 11 is 1.41. The van der Waals surface area contributed by atoms with E-state index in [4.69, 9.17) is 0 Å². The van der Waals surface area contributed by atoms with Crippen molar-refractivity contribution in [1.29, 1.82) is 0 Å². The molecule has 1 amide bonds. The van der Waals surface area contributed by atoms with Gasteiger partial charge in [-0.1, -0.05) is 18.2 Å². The van der Waals surface area contributed by atoms with E-state index in [2.05, 4.69) is 4.98 Å². The summed E-state index contributed by atoms with van der Waals surface area (Å²) in [7, 11) is 0. The Hall–Kier alpha value is -2.08. The van der Waals surface area contributed by atoms with Crippen molar-refractivity contribution in [3.05, 3.63) is 52.2 Å². The smallest absolute Gasteiger partial charge is 0.290 e. The van der Waals surface area contributed by atoms with E-state index in [1.54, 1.807) is 24.4 Å². The lowest BCUT2D eigenvalue weighted by Crippen LogP contribution is -2.36. The average Bonchev–Trinajstić information content (AvgIpc) is 2.97. The van der Waals surface area contributed by atoms with Gasteiger partial charge in [-0.2, -0.15) is 0 Å². The quantitative estimate of drug-likeness (QED) is 0.770. The van der Waals surface area contributed by atoms with Crippen molar-refractivity contribution >= 4 is 23.0 Å². The summed E-state index contributed by atoms with van der Waals surface area (Å²) in [6.07, 6.45) is 2.00. The predicted octanol–water partition coefficient (Wildman–Crippen LogP) is 2.44. The molecule has 1 aromatic heterocycles. The lowest BCUT2D eigenvalue weighted by Gasteiger charge is -2.20. The van der Waals surface area contributed by atoms with Crippen molar-refractivity contribution in [1.82, 2.24) is 9.88 Å². The zero-order chi connectivity index (χ0) is 15.2. The van der Waals surface area contributed by atoms with Gasteiger partial charge in [0.1, 0.15) is 10.8 Å². The molecule has 1 aromatic carbocycles. The van der Waals surface area contributed by atoms with Crippen LogP contribution in [0.5, 0.6) is 0 Å². The molecule has 2 rings (SSSR count). The number of ketones is 1. The first kappa shape index (κ1) is 15.3. The Labute approximate surface area is 126 Å². The molecule has 0 saturated carbocycles. The first-order chi connectivity index (χ1) is 10.1. The SMILES string of the molecule is CC(=O)C(=O)N(CCc1ccccc1F)Cc1nccs1. The van der Waals surface area contributed by atoms with E-state index in [0.29, 0.717) is 12.0 Å². The van der Waals surface area contributed by atoms with Gasteiger partial charge in [0.2, 0.25) is 5.78 Å². The number of amides is 1. The topological polar surface area (TPSA) is 50.3 Å². The van der Waals surface area contributed by atoms with E-state index in [1.807, 2.05) is 5.38 Å². The monoisotopic (exact) mass is 306 g/mol. The Morgan fingerprint density at radius 2 is 2.10 bits per heavy atom. The van der Waals surface area contributed by atoms with Crippen LogP contribution in [-0.4, -0.2) is 28.1 Å². The summed E-state index contributed by atoms with van der Waals surface area (Å²) in [6, 6.07) is 6.42. The van der Waals surface area contributed by atoms with E-state index in [-0.39, 0.29) is 18.9 Å². The molecule has 0 aliphatic heterocycles. The molecule has 21 heavy (non-hydrogen) atoms. The first-order valence-corrected chi connectivity index (χ1v) is 7.37. The van der Waals surface area contributed by atoms with Crippen LogP contribution in [0.4, 0.5) is 4.39 Å². The lowest BCUT2D eigenvalue weighted by atomic mass is 10.1. The summed E-state index contributed by atoms with van der Waals surface area (Å²) in [4.78, 5) is 28.8. The second kappa shape index (κ2) is 7.08. The highest BCUT2D eigenvalue weighted by molar-refractivity contribution is 7.09. The molecule has 1 heterocycles. The Balaban J connectivity index is 2.07. The molecule has 0 aliphatic carbocycles. The standard InChI is InChI=1S/C15H15FN2O2S/c1-11(19)15(20)18(10-14-17-7-9-21-14)8-6-12-4-2-3-5-13(12)16/h2-5,7,9H,6,8,10H2,1H3. The van der Waals surface area contributed by atoms with Gasteiger partial charge in [0.05, 0.1) is 6.54 Å². The summed E-state index contributed by atoms with van der Waals surface area (Å²) in [5.41, 5.74) is 0.526. The van der Waals surface area contributed by atoms with Crippen molar-refractivity contribution in [2.75, 3.05) is 6.54 Å². The minimum atomic E-state index is -0.568. The van der Waals surface area contributed by atoms with Crippen LogP contribution < -0.4 is 0 Å². The average molecular weight is 306 g/mol. The van der Waals surface area contributed by atoms with Gasteiger partial charge in [-0.3, -0.25) is 9.59 Å². The first-order valence-electron chi connectivity index (χ1n) is 6.49. The third-order valence-corrected chi connectivity index (χ3v) is 3.77. The van der Waals surface area contributed by atoms with E-state index in [9.17, 15) is 14.0 Å². The fourth-order valence-corrected chi connectivity index (χ4v) is 2.56. The van der Waals surface area contributed by atoms with Gasteiger partial charge in [0, 0.05) is 25.0 Å². The maximum absolute atomic E-state index is 13.6. The normalized spacial score (nSPS) is 10.4. The Morgan fingerprint density at radius 1 is 1.33 bits per heavy atom. The molecule has 6 heteroatoms. The maximum atomic E-state index is 13.6. The minimum Gasteiger partial charge on any atom is -0.329 e. The number of aromatic nitrogens is 1. The van der Waals surface area contributed by atoms with Crippen LogP contribution in [0.1, 0.15) is 17.5 Å². The summed E-state index contributed by atoms with van der Waals surface area (Å²) < 4.78 is 13.6. The third kappa shape index (κ3) is 4.19. The summed E-state index contributed by atoms with van der Waals surface area (Å²) in [5.74, 6) is -1.40. The van der Waals surface area contributed by atoms with Gasteiger partial charge in [0.15, 0.2) is 0 Å². The number of hydrogen-bond donors (Lipinski definition) is 0. The molecule has 0 unspecified atom stereocenters. The van der Waals surface area contributed by atoms with Crippen LogP contribution >= 0.6 is 11.3 Å². The molecule has 2 aromatic rings. The van der Waals surface area contributed by atoms with Crippen LogP contribution in [0.15, 0.2) is 35.8 Å². The molecule has 4 nitrogen and oxygen atoms in total. The van der Waals surface area contributed by atoms with E-state index in [0.717, 1.165) is 5.01 Å². The molecular weight excluding hydrogens is 291 g/mol. The van der Waals surface area contributed by atoms with Gasteiger partial charge in [0.25, 0.3) is 5.91 Å². The summed E-state index contributed by atoms with van der Waals surface area (Å²) in [5, 5.41) is 2.56. The van der Waals surface area contributed by atoms with Gasteiger partial charge in [-0.05, 0) is 18.1 Å². The van der Waals surface area contributed by atoms with Crippen LogP contribution in [0.3, 0.4) is 0 Å². The largest absolute Gasteiger partial charge is 0.329 e. The molecule has 0 aliphatic rings. The van der Waals surface area contributed by atoms with Crippen molar-refractivity contribution in [3.63, 3.8) is 0 Å². The number of Topliss-reactive ketones (excluding diaryl/α,β-unsaturated/α-hetero) is 1. The number of nitrogens with zero attached hydrogens (tertiary/aromatic N) is 2. The van der Waals surface area contributed by atoms with Crippen molar-refractivity contribution in [2.45, 2.75) is 19.9 Å².